The summed E-state index contributed by atoms with van der Waals surface area (Å²) in [7, 11) is 1.88. The number of hydrogen-bond donors (Lipinski definition) is 2. The number of nitrogens with one attached hydrogen (secondary N) is 1. The van der Waals surface area contributed by atoms with Crippen LogP contribution >= 0.6 is 0 Å². The number of amides is 1. The first-order valence-corrected chi connectivity index (χ1v) is 6.02. The lowest BCUT2D eigenvalue weighted by atomic mass is 9.85. The van der Waals surface area contributed by atoms with Gasteiger partial charge in [0.1, 0.15) is 12.2 Å². The Morgan fingerprint density at radius 3 is 2.76 bits per heavy atom. The van der Waals surface area contributed by atoms with Gasteiger partial charge < -0.3 is 11.1 Å². The van der Waals surface area contributed by atoms with Crippen molar-refractivity contribution in [2.75, 3.05) is 0 Å². The Morgan fingerprint density at radius 1 is 1.53 bits per heavy atom. The van der Waals surface area contributed by atoms with Crippen LogP contribution in [0.5, 0.6) is 0 Å². The molecule has 1 heterocycles. The fourth-order valence-corrected chi connectivity index (χ4v) is 2.30. The highest BCUT2D eigenvalue weighted by atomic mass is 16.1. The predicted molar refractivity (Wildman–Crippen MR) is 62.8 cm³/mol. The molecule has 0 atom stereocenters. The van der Waals surface area contributed by atoms with Crippen LogP contribution in [0.3, 0.4) is 0 Å². The quantitative estimate of drug-likeness (QED) is 0.768. The van der Waals surface area contributed by atoms with Gasteiger partial charge in [-0.3, -0.25) is 9.48 Å². The van der Waals surface area contributed by atoms with Crippen molar-refractivity contribution in [2.24, 2.45) is 18.7 Å². The van der Waals surface area contributed by atoms with Crippen LogP contribution in [0.15, 0.2) is 6.33 Å². The van der Waals surface area contributed by atoms with E-state index >= 15 is 0 Å². The normalized spacial score (nSPS) is 24.8. The summed E-state index contributed by atoms with van der Waals surface area (Å²) in [6.45, 7) is 0.725. The minimum Gasteiger partial charge on any atom is -0.369 e. The van der Waals surface area contributed by atoms with Crippen molar-refractivity contribution in [1.82, 2.24) is 20.1 Å². The van der Waals surface area contributed by atoms with Gasteiger partial charge in [0.2, 0.25) is 5.91 Å². The Bertz CT molecular complexity index is 381. The van der Waals surface area contributed by atoms with Crippen LogP contribution in [0.4, 0.5) is 0 Å². The number of primary amides is 1. The molecule has 0 aliphatic heterocycles. The molecule has 0 bridgehead atoms. The highest BCUT2D eigenvalue weighted by molar-refractivity contribution is 5.76. The van der Waals surface area contributed by atoms with Crippen LogP contribution in [0.25, 0.3) is 0 Å². The number of aryl methyl sites for hydroxylation is 1. The summed E-state index contributed by atoms with van der Waals surface area (Å²) in [5, 5.41) is 7.47. The molecule has 0 unspecified atom stereocenters. The van der Waals surface area contributed by atoms with Gasteiger partial charge in [-0.25, -0.2) is 4.98 Å². The first-order chi connectivity index (χ1) is 8.16. The maximum Gasteiger partial charge on any atom is 0.220 e. The van der Waals surface area contributed by atoms with E-state index in [1.165, 1.54) is 0 Å². The van der Waals surface area contributed by atoms with Crippen molar-refractivity contribution < 1.29 is 4.79 Å². The van der Waals surface area contributed by atoms with Crippen LogP contribution in [0.1, 0.15) is 31.5 Å². The zero-order valence-electron chi connectivity index (χ0n) is 10.1. The van der Waals surface area contributed by atoms with E-state index in [-0.39, 0.29) is 11.8 Å². The lowest BCUT2D eigenvalue weighted by Gasteiger charge is -2.27. The molecule has 1 fully saturated rings. The van der Waals surface area contributed by atoms with E-state index in [4.69, 9.17) is 5.73 Å². The van der Waals surface area contributed by atoms with Crippen LogP contribution in [-0.4, -0.2) is 26.7 Å². The SMILES string of the molecule is Cn1ncnc1CNC1CCC(C(N)=O)CC1. The zero-order chi connectivity index (χ0) is 12.3. The number of rotatable bonds is 4. The summed E-state index contributed by atoms with van der Waals surface area (Å²) in [5.74, 6) is 0.849. The average molecular weight is 237 g/mol. The highest BCUT2D eigenvalue weighted by Gasteiger charge is 2.24. The van der Waals surface area contributed by atoms with Gasteiger partial charge in [0.15, 0.2) is 0 Å². The molecule has 1 amide bonds. The Hall–Kier alpha value is -1.43. The molecule has 2 rings (SSSR count). The number of hydrogen-bond acceptors (Lipinski definition) is 4. The minimum atomic E-state index is -0.156. The molecule has 0 aromatic carbocycles. The second-order valence-corrected chi connectivity index (χ2v) is 4.63. The summed E-state index contributed by atoms with van der Waals surface area (Å²) < 4.78 is 1.77. The molecule has 94 valence electrons. The van der Waals surface area contributed by atoms with Crippen LogP contribution < -0.4 is 11.1 Å². The molecular weight excluding hydrogens is 218 g/mol. The fourth-order valence-electron chi connectivity index (χ4n) is 2.30. The third kappa shape index (κ3) is 3.03. The second kappa shape index (κ2) is 5.27. The molecule has 1 aliphatic carbocycles. The first-order valence-electron chi connectivity index (χ1n) is 6.02. The molecule has 1 saturated carbocycles. The maximum atomic E-state index is 11.0. The second-order valence-electron chi connectivity index (χ2n) is 4.63. The summed E-state index contributed by atoms with van der Waals surface area (Å²) in [4.78, 5) is 15.2. The Balaban J connectivity index is 1.75. The predicted octanol–water partition coefficient (Wildman–Crippen LogP) is -0.0512. The molecule has 0 saturated heterocycles. The van der Waals surface area contributed by atoms with E-state index in [1.54, 1.807) is 11.0 Å². The van der Waals surface area contributed by atoms with Crippen molar-refractivity contribution in [3.05, 3.63) is 12.2 Å². The monoisotopic (exact) mass is 237 g/mol. The van der Waals surface area contributed by atoms with Gasteiger partial charge in [0.05, 0.1) is 6.54 Å². The largest absolute Gasteiger partial charge is 0.369 e. The number of carbonyl (C=O) groups excluding carboxylic acids is 1. The molecule has 6 heteroatoms. The molecule has 6 nitrogen and oxygen atoms in total. The molecule has 17 heavy (non-hydrogen) atoms. The highest BCUT2D eigenvalue weighted by Crippen LogP contribution is 2.23. The van der Waals surface area contributed by atoms with E-state index in [1.807, 2.05) is 7.05 Å². The average Bonchev–Trinajstić information content (AvgIpc) is 2.73. The Labute approximate surface area is 101 Å². The smallest absolute Gasteiger partial charge is 0.220 e. The van der Waals surface area contributed by atoms with E-state index in [9.17, 15) is 4.79 Å². The van der Waals surface area contributed by atoms with Crippen LogP contribution in [0, 0.1) is 5.92 Å². The van der Waals surface area contributed by atoms with Crippen molar-refractivity contribution in [1.29, 1.82) is 0 Å². The number of nitrogens with zero attached hydrogens (tertiary/aromatic N) is 3. The van der Waals surface area contributed by atoms with Crippen molar-refractivity contribution in [3.8, 4) is 0 Å². The van der Waals surface area contributed by atoms with E-state index in [2.05, 4.69) is 15.4 Å². The number of carbonyl (C=O) groups is 1. The van der Waals surface area contributed by atoms with Crippen LogP contribution in [0.2, 0.25) is 0 Å². The first kappa shape index (κ1) is 12.0. The molecule has 1 aromatic heterocycles. The van der Waals surface area contributed by atoms with Crippen LogP contribution in [-0.2, 0) is 18.4 Å². The summed E-state index contributed by atoms with van der Waals surface area (Å²) in [5.41, 5.74) is 5.30. The third-order valence-electron chi connectivity index (χ3n) is 3.48. The lowest BCUT2D eigenvalue weighted by molar-refractivity contribution is -0.122. The standard InChI is InChI=1S/C11H19N5O/c1-16-10(14-7-15-16)6-13-9-4-2-8(3-5-9)11(12)17/h7-9,13H,2-6H2,1H3,(H2,12,17). The fraction of sp³-hybridized carbons (Fsp3) is 0.727. The molecule has 3 N–H and O–H groups in total. The summed E-state index contributed by atoms with van der Waals surface area (Å²) in [6, 6.07) is 0.460. The lowest BCUT2D eigenvalue weighted by Crippen LogP contribution is -2.36. The number of aromatic nitrogens is 3. The summed E-state index contributed by atoms with van der Waals surface area (Å²) in [6.07, 6.45) is 5.36. The van der Waals surface area contributed by atoms with Gasteiger partial charge >= 0.3 is 0 Å². The Morgan fingerprint density at radius 2 is 2.24 bits per heavy atom. The van der Waals surface area contributed by atoms with Crippen molar-refractivity contribution >= 4 is 5.91 Å². The van der Waals surface area contributed by atoms with E-state index < -0.39 is 0 Å². The van der Waals surface area contributed by atoms with Gasteiger partial charge in [-0.2, -0.15) is 5.10 Å². The van der Waals surface area contributed by atoms with Gasteiger partial charge in [-0.15, -0.1) is 0 Å². The minimum absolute atomic E-state index is 0.0721. The molecule has 0 radical (unpaired) electrons. The number of nitrogens with two attached hydrogens (primary N) is 1. The van der Waals surface area contributed by atoms with Gasteiger partial charge in [-0.05, 0) is 25.7 Å². The Kier molecular flexibility index (Phi) is 3.73. The zero-order valence-corrected chi connectivity index (χ0v) is 10.1. The molecule has 0 spiro atoms. The topological polar surface area (TPSA) is 85.8 Å². The van der Waals surface area contributed by atoms with Gasteiger partial charge in [0.25, 0.3) is 0 Å². The molecule has 1 aliphatic rings. The van der Waals surface area contributed by atoms with E-state index in [0.29, 0.717) is 6.04 Å². The maximum absolute atomic E-state index is 11.0. The van der Waals surface area contributed by atoms with Crippen molar-refractivity contribution in [3.63, 3.8) is 0 Å². The third-order valence-corrected chi connectivity index (χ3v) is 3.48. The molecule has 1 aromatic rings. The van der Waals surface area contributed by atoms with Crippen molar-refractivity contribution in [2.45, 2.75) is 38.3 Å². The van der Waals surface area contributed by atoms with Gasteiger partial charge in [-0.1, -0.05) is 0 Å². The summed E-state index contributed by atoms with van der Waals surface area (Å²) >= 11 is 0. The van der Waals surface area contributed by atoms with E-state index in [0.717, 1.165) is 38.1 Å². The molecular formula is C11H19N5O. The van der Waals surface area contributed by atoms with Gasteiger partial charge in [0, 0.05) is 19.0 Å².